The highest BCUT2D eigenvalue weighted by atomic mass is 19.1. The summed E-state index contributed by atoms with van der Waals surface area (Å²) in [5.74, 6) is -0.0820. The zero-order valence-corrected chi connectivity index (χ0v) is 23.3. The van der Waals surface area contributed by atoms with Crippen molar-refractivity contribution in [2.45, 2.75) is 50.7 Å². The Morgan fingerprint density at radius 3 is 2.62 bits per heavy atom. The lowest BCUT2D eigenvalue weighted by Crippen LogP contribution is -2.53. The maximum absolute atomic E-state index is 14.3. The first kappa shape index (κ1) is 27.5. The normalized spacial score (nSPS) is 19.0. The van der Waals surface area contributed by atoms with Gasteiger partial charge in [-0.05, 0) is 49.6 Å². The number of carbonyl (C=O) groups excluding carboxylic acids is 2. The number of benzene rings is 3. The monoisotopic (exact) mass is 567 g/mol. The summed E-state index contributed by atoms with van der Waals surface area (Å²) in [5, 5.41) is 9.47. The number of fused-ring (bicyclic) bond motifs is 1. The summed E-state index contributed by atoms with van der Waals surface area (Å²) in [7, 11) is 0. The van der Waals surface area contributed by atoms with Gasteiger partial charge in [0.2, 0.25) is 18.2 Å². The second-order valence-corrected chi connectivity index (χ2v) is 10.8. The molecule has 1 aromatic heterocycles. The predicted molar refractivity (Wildman–Crippen MR) is 159 cm³/mol. The quantitative estimate of drug-likeness (QED) is 0.214. The number of anilines is 1. The lowest BCUT2D eigenvalue weighted by Gasteiger charge is -2.29. The predicted octanol–water partition coefficient (Wildman–Crippen LogP) is 5.50. The largest absolute Gasteiger partial charge is 0.455 e. The van der Waals surface area contributed by atoms with Crippen LogP contribution in [0.5, 0.6) is 5.75 Å². The summed E-state index contributed by atoms with van der Waals surface area (Å²) in [4.78, 5) is 32.4. The molecular weight excluding hydrogens is 533 g/mol. The number of likely N-dealkylation sites (tertiary alicyclic amines) is 1. The number of ether oxygens (including phenoxy) is 1. The fraction of sp³-hybridized carbons (Fsp3) is 0.273. The van der Waals surface area contributed by atoms with E-state index in [4.69, 9.17) is 4.74 Å². The second-order valence-electron chi connectivity index (χ2n) is 10.8. The first-order valence-corrected chi connectivity index (χ1v) is 14.3. The third kappa shape index (κ3) is 5.87. The maximum Gasteiger partial charge on any atom is 0.238 e. The highest BCUT2D eigenvalue weighted by Gasteiger charge is 2.35. The molecule has 0 radical (unpaired) electrons. The van der Waals surface area contributed by atoms with Crippen LogP contribution < -0.4 is 20.7 Å². The molecule has 6 rings (SSSR count). The fourth-order valence-electron chi connectivity index (χ4n) is 5.76. The molecule has 2 aliphatic heterocycles. The molecule has 1 unspecified atom stereocenters. The summed E-state index contributed by atoms with van der Waals surface area (Å²) < 4.78 is 20.3. The molecule has 1 saturated heterocycles. The number of halogens is 1. The number of hydrogen-bond acceptors (Lipinski definition) is 5. The highest BCUT2D eigenvalue weighted by Crippen LogP contribution is 2.33. The van der Waals surface area contributed by atoms with Gasteiger partial charge >= 0.3 is 0 Å². The number of para-hydroxylation sites is 2. The molecule has 0 bridgehead atoms. The molecule has 0 aliphatic carbocycles. The number of aromatic nitrogens is 1. The van der Waals surface area contributed by atoms with E-state index in [2.05, 4.69) is 20.9 Å². The highest BCUT2D eigenvalue weighted by molar-refractivity contribution is 5.89. The van der Waals surface area contributed by atoms with Gasteiger partial charge in [0.05, 0.1) is 30.2 Å². The van der Waals surface area contributed by atoms with Gasteiger partial charge in [0, 0.05) is 29.6 Å². The van der Waals surface area contributed by atoms with Crippen molar-refractivity contribution in [1.29, 1.82) is 0 Å². The first-order valence-electron chi connectivity index (χ1n) is 14.3. The van der Waals surface area contributed by atoms with E-state index in [0.717, 1.165) is 29.8 Å². The van der Waals surface area contributed by atoms with Crippen molar-refractivity contribution in [3.8, 4) is 16.9 Å². The Morgan fingerprint density at radius 1 is 1.05 bits per heavy atom. The zero-order valence-electron chi connectivity index (χ0n) is 23.3. The van der Waals surface area contributed by atoms with Crippen LogP contribution in [0.25, 0.3) is 11.1 Å². The van der Waals surface area contributed by atoms with Gasteiger partial charge in [-0.15, -0.1) is 0 Å². The molecule has 8 nitrogen and oxygen atoms in total. The van der Waals surface area contributed by atoms with Crippen LogP contribution in [-0.4, -0.2) is 40.6 Å². The standard InChI is InChI=1S/C33H34FN5O3/c1-21(27-18-23(20-35-27)24-12-5-6-13-25(24)34)36-32(41)28(38-33-37-26-14-7-8-16-30(26)42-33)19-31(40)39-17-9-15-29(39)22-10-3-2-4-11-22/h2-8,10-14,16,18,20-21,28-29,33,35,37-38H,9,15,17,19H2,1H3,(H,36,41)/t21-,28-,29+,33?/m0/s1. The van der Waals surface area contributed by atoms with E-state index in [-0.39, 0.29) is 30.1 Å². The van der Waals surface area contributed by atoms with Crippen molar-refractivity contribution in [3.05, 3.63) is 108 Å². The van der Waals surface area contributed by atoms with Crippen molar-refractivity contribution in [3.63, 3.8) is 0 Å². The minimum Gasteiger partial charge on any atom is -0.455 e. The zero-order chi connectivity index (χ0) is 29.1. The van der Waals surface area contributed by atoms with E-state index >= 15 is 0 Å². The molecule has 3 heterocycles. The van der Waals surface area contributed by atoms with Gasteiger partial charge in [0.25, 0.3) is 0 Å². The average molecular weight is 568 g/mol. The molecule has 4 atom stereocenters. The van der Waals surface area contributed by atoms with Gasteiger partial charge in [-0.1, -0.05) is 60.7 Å². The van der Waals surface area contributed by atoms with Crippen LogP contribution in [0.2, 0.25) is 0 Å². The minimum atomic E-state index is -0.871. The molecule has 2 amide bonds. The Hall–Kier alpha value is -4.63. The molecule has 1 fully saturated rings. The molecule has 0 saturated carbocycles. The fourth-order valence-corrected chi connectivity index (χ4v) is 5.76. The van der Waals surface area contributed by atoms with Gasteiger partial charge in [0.1, 0.15) is 11.6 Å². The van der Waals surface area contributed by atoms with E-state index in [1.54, 1.807) is 24.4 Å². The number of carbonyl (C=O) groups is 2. The topological polar surface area (TPSA) is 98.5 Å². The average Bonchev–Trinajstić information content (AvgIpc) is 3.77. The van der Waals surface area contributed by atoms with Gasteiger partial charge in [-0.3, -0.25) is 14.9 Å². The number of amides is 2. The molecule has 3 aromatic carbocycles. The number of rotatable bonds is 9. The molecule has 4 N–H and O–H groups in total. The summed E-state index contributed by atoms with van der Waals surface area (Å²) >= 11 is 0. The Balaban J connectivity index is 1.18. The van der Waals surface area contributed by atoms with Crippen LogP contribution in [0.15, 0.2) is 91.1 Å². The van der Waals surface area contributed by atoms with E-state index in [9.17, 15) is 14.0 Å². The Bertz CT molecular complexity index is 1530. The van der Waals surface area contributed by atoms with Gasteiger partial charge in [0.15, 0.2) is 0 Å². The van der Waals surface area contributed by atoms with E-state index < -0.39 is 18.4 Å². The van der Waals surface area contributed by atoms with Crippen LogP contribution >= 0.6 is 0 Å². The summed E-state index contributed by atoms with van der Waals surface area (Å²) in [6.07, 6.45) is 2.80. The molecule has 2 aliphatic rings. The van der Waals surface area contributed by atoms with Crippen LogP contribution in [0.4, 0.5) is 10.1 Å². The van der Waals surface area contributed by atoms with Crippen molar-refractivity contribution in [2.75, 3.05) is 11.9 Å². The van der Waals surface area contributed by atoms with Crippen molar-refractivity contribution < 1.29 is 18.7 Å². The number of hydrogen-bond donors (Lipinski definition) is 4. The number of nitrogens with one attached hydrogen (secondary N) is 4. The molecule has 9 heteroatoms. The molecule has 216 valence electrons. The number of nitrogens with zero attached hydrogens (tertiary/aromatic N) is 1. The van der Waals surface area contributed by atoms with Crippen molar-refractivity contribution in [1.82, 2.24) is 20.5 Å². The Labute approximate surface area is 244 Å². The summed E-state index contributed by atoms with van der Waals surface area (Å²) in [5.41, 5.74) is 3.80. The van der Waals surface area contributed by atoms with E-state index in [1.807, 2.05) is 72.5 Å². The summed E-state index contributed by atoms with van der Waals surface area (Å²) in [6.45, 7) is 2.49. The van der Waals surface area contributed by atoms with E-state index in [1.165, 1.54) is 6.07 Å². The van der Waals surface area contributed by atoms with Crippen LogP contribution in [-0.2, 0) is 9.59 Å². The third-order valence-electron chi connectivity index (χ3n) is 7.94. The Morgan fingerprint density at radius 2 is 1.81 bits per heavy atom. The SMILES string of the molecule is C[C@H](NC(=O)[C@H](CC(=O)N1CCC[C@@H]1c1ccccc1)NC1Nc2ccccc2O1)c1cc(-c2ccccc2F)c[nH]1. The van der Waals surface area contributed by atoms with Crippen LogP contribution in [0.1, 0.15) is 49.5 Å². The van der Waals surface area contributed by atoms with Crippen molar-refractivity contribution in [2.24, 2.45) is 0 Å². The smallest absolute Gasteiger partial charge is 0.238 e. The van der Waals surface area contributed by atoms with E-state index in [0.29, 0.717) is 23.4 Å². The minimum absolute atomic E-state index is 0.0119. The number of H-pyrrole nitrogens is 1. The third-order valence-corrected chi connectivity index (χ3v) is 7.94. The van der Waals surface area contributed by atoms with Crippen LogP contribution in [0, 0.1) is 5.82 Å². The van der Waals surface area contributed by atoms with Gasteiger partial charge in [-0.2, -0.15) is 0 Å². The van der Waals surface area contributed by atoms with Gasteiger partial charge in [-0.25, -0.2) is 4.39 Å². The second kappa shape index (κ2) is 12.1. The molecule has 0 spiro atoms. The summed E-state index contributed by atoms with van der Waals surface area (Å²) in [6, 6.07) is 24.6. The maximum atomic E-state index is 14.3. The first-order chi connectivity index (χ1) is 20.5. The number of aromatic amines is 1. The van der Waals surface area contributed by atoms with Gasteiger partial charge < -0.3 is 25.3 Å². The molecule has 42 heavy (non-hydrogen) atoms. The lowest BCUT2D eigenvalue weighted by molar-refractivity contribution is -0.136. The Kier molecular flexibility index (Phi) is 7.92. The van der Waals surface area contributed by atoms with Crippen molar-refractivity contribution >= 4 is 17.5 Å². The molecule has 4 aromatic rings. The lowest BCUT2D eigenvalue weighted by atomic mass is 10.0. The molecular formula is C33H34FN5O3. The van der Waals surface area contributed by atoms with Crippen LogP contribution in [0.3, 0.4) is 0 Å².